The van der Waals surface area contributed by atoms with Crippen LogP contribution in [-0.4, -0.2) is 26.1 Å². The average Bonchev–Trinajstić information content (AvgIpc) is 2.67. The lowest BCUT2D eigenvalue weighted by atomic mass is 10.0. The summed E-state index contributed by atoms with van der Waals surface area (Å²) in [7, 11) is -1.91. The predicted molar refractivity (Wildman–Crippen MR) is 102 cm³/mol. The molecule has 6 heteroatoms. The van der Waals surface area contributed by atoms with Crippen LogP contribution in [0.3, 0.4) is 0 Å². The molecule has 2 aromatic rings. The number of hydrogen-bond donors (Lipinski definition) is 0. The lowest BCUT2D eigenvalue weighted by molar-refractivity contribution is 0.0973. The minimum absolute atomic E-state index is 0.0353. The van der Waals surface area contributed by atoms with Gasteiger partial charge in [0.15, 0.2) is 5.78 Å². The molecule has 26 heavy (non-hydrogen) atoms. The van der Waals surface area contributed by atoms with Crippen LogP contribution in [0.1, 0.15) is 41.8 Å². The number of Topliss-reactive ketones (excluding diaryl/α,β-unsaturated/α-hetero) is 1. The van der Waals surface area contributed by atoms with Crippen molar-refractivity contribution in [2.75, 3.05) is 20.3 Å². The fourth-order valence-electron chi connectivity index (χ4n) is 2.73. The summed E-state index contributed by atoms with van der Waals surface area (Å²) in [5.41, 5.74) is 0.643. The summed E-state index contributed by atoms with van der Waals surface area (Å²) in [6, 6.07) is 16.1. The quantitative estimate of drug-likeness (QED) is 0.417. The molecule has 0 amide bonds. The lowest BCUT2D eigenvalue weighted by Crippen LogP contribution is -2.12. The molecule has 0 fully saturated rings. The van der Waals surface area contributed by atoms with Gasteiger partial charge in [-0.1, -0.05) is 30.3 Å². The van der Waals surface area contributed by atoms with Gasteiger partial charge in [0.1, 0.15) is 5.75 Å². The molecule has 140 valence electrons. The zero-order valence-corrected chi connectivity index (χ0v) is 16.3. The number of methoxy groups -OCH3 is 1. The average molecular weight is 376 g/mol. The van der Waals surface area contributed by atoms with Gasteiger partial charge < -0.3 is 13.8 Å². The number of benzene rings is 2. The molecule has 1 atom stereocenters. The molecule has 0 aliphatic heterocycles. The van der Waals surface area contributed by atoms with Gasteiger partial charge in [-0.15, -0.1) is 0 Å². The number of ketones is 1. The Morgan fingerprint density at radius 2 is 1.54 bits per heavy atom. The van der Waals surface area contributed by atoms with Gasteiger partial charge in [-0.3, -0.25) is 9.36 Å². The van der Waals surface area contributed by atoms with E-state index in [-0.39, 0.29) is 25.4 Å². The fourth-order valence-corrected chi connectivity index (χ4v) is 4.82. The summed E-state index contributed by atoms with van der Waals surface area (Å²) >= 11 is 0. The SMILES string of the molecule is CCOP(=O)(OCC)[C@@H](CC(=O)c1ccc(OC)cc1)c1ccccc1. The van der Waals surface area contributed by atoms with Crippen molar-refractivity contribution in [3.63, 3.8) is 0 Å². The number of carbonyl (C=O) groups is 1. The summed E-state index contributed by atoms with van der Waals surface area (Å²) in [5.74, 6) is 0.552. The molecule has 0 aliphatic rings. The number of rotatable bonds is 10. The highest BCUT2D eigenvalue weighted by Gasteiger charge is 2.38. The van der Waals surface area contributed by atoms with Crippen molar-refractivity contribution in [3.05, 3.63) is 65.7 Å². The van der Waals surface area contributed by atoms with E-state index in [1.54, 1.807) is 45.2 Å². The van der Waals surface area contributed by atoms with Crippen LogP contribution in [0.5, 0.6) is 5.75 Å². The maximum absolute atomic E-state index is 13.4. The van der Waals surface area contributed by atoms with E-state index in [9.17, 15) is 9.36 Å². The first kappa shape index (κ1) is 20.4. The summed E-state index contributed by atoms with van der Waals surface area (Å²) in [6.07, 6.45) is 0.0353. The summed E-state index contributed by atoms with van der Waals surface area (Å²) in [6.45, 7) is 4.02. The van der Waals surface area contributed by atoms with Gasteiger partial charge in [-0.2, -0.15) is 0 Å². The summed E-state index contributed by atoms with van der Waals surface area (Å²) < 4.78 is 29.5. The maximum Gasteiger partial charge on any atom is 0.338 e. The maximum atomic E-state index is 13.4. The molecule has 5 nitrogen and oxygen atoms in total. The topological polar surface area (TPSA) is 61.8 Å². The third kappa shape index (κ3) is 5.04. The van der Waals surface area contributed by atoms with Crippen molar-refractivity contribution < 1.29 is 23.1 Å². The molecule has 0 aromatic heterocycles. The van der Waals surface area contributed by atoms with E-state index in [4.69, 9.17) is 13.8 Å². The van der Waals surface area contributed by atoms with Crippen molar-refractivity contribution in [1.29, 1.82) is 0 Å². The smallest absolute Gasteiger partial charge is 0.338 e. The Bertz CT molecular complexity index is 733. The van der Waals surface area contributed by atoms with Crippen molar-refractivity contribution in [1.82, 2.24) is 0 Å². The third-order valence-corrected chi connectivity index (χ3v) is 6.46. The second kappa shape index (κ2) is 9.67. The van der Waals surface area contributed by atoms with Crippen molar-refractivity contribution >= 4 is 13.4 Å². The van der Waals surface area contributed by atoms with E-state index in [0.29, 0.717) is 11.3 Å². The molecule has 2 aromatic carbocycles. The molecule has 0 heterocycles. The second-order valence-electron chi connectivity index (χ2n) is 5.66. The molecule has 0 radical (unpaired) electrons. The summed E-state index contributed by atoms with van der Waals surface area (Å²) in [4.78, 5) is 12.8. The standard InChI is InChI=1S/C20H25O5P/c1-4-24-26(22,25-5-2)20(17-9-7-6-8-10-17)15-19(21)16-11-13-18(23-3)14-12-16/h6-14,20H,4-5,15H2,1-3H3/t20-/m0/s1. The van der Waals surface area contributed by atoms with Gasteiger partial charge in [0.05, 0.1) is 26.0 Å². The number of hydrogen-bond acceptors (Lipinski definition) is 5. The van der Waals surface area contributed by atoms with Crippen molar-refractivity contribution in [2.24, 2.45) is 0 Å². The van der Waals surface area contributed by atoms with Crippen LogP contribution in [0.2, 0.25) is 0 Å². The van der Waals surface area contributed by atoms with E-state index >= 15 is 0 Å². The zero-order valence-electron chi connectivity index (χ0n) is 15.4. The van der Waals surface area contributed by atoms with E-state index < -0.39 is 13.3 Å². The molecule has 0 bridgehead atoms. The normalized spacial score (nSPS) is 12.6. The van der Waals surface area contributed by atoms with Gasteiger partial charge in [-0.25, -0.2) is 0 Å². The van der Waals surface area contributed by atoms with Gasteiger partial charge in [0, 0.05) is 12.0 Å². The highest BCUT2D eigenvalue weighted by molar-refractivity contribution is 7.54. The van der Waals surface area contributed by atoms with Crippen LogP contribution < -0.4 is 4.74 Å². The highest BCUT2D eigenvalue weighted by Crippen LogP contribution is 2.62. The highest BCUT2D eigenvalue weighted by atomic mass is 31.2. The Morgan fingerprint density at radius 3 is 2.04 bits per heavy atom. The van der Waals surface area contributed by atoms with Crippen LogP contribution in [0.15, 0.2) is 54.6 Å². The molecule has 0 N–H and O–H groups in total. The molecule has 0 saturated carbocycles. The Kier molecular flexibility index (Phi) is 7.58. The van der Waals surface area contributed by atoms with Crippen molar-refractivity contribution in [2.45, 2.75) is 25.9 Å². The second-order valence-corrected chi connectivity index (χ2v) is 7.88. The van der Waals surface area contributed by atoms with Crippen molar-refractivity contribution in [3.8, 4) is 5.75 Å². The molecular formula is C20H25O5P. The monoisotopic (exact) mass is 376 g/mol. The first-order chi connectivity index (χ1) is 12.5. The molecule has 2 rings (SSSR count). The first-order valence-electron chi connectivity index (χ1n) is 8.65. The lowest BCUT2D eigenvalue weighted by Gasteiger charge is -2.26. The van der Waals surface area contributed by atoms with E-state index in [0.717, 1.165) is 5.56 Å². The molecule has 0 saturated heterocycles. The molecular weight excluding hydrogens is 351 g/mol. The van der Waals surface area contributed by atoms with E-state index in [1.807, 2.05) is 30.3 Å². The largest absolute Gasteiger partial charge is 0.497 e. The molecule has 0 spiro atoms. The van der Waals surface area contributed by atoms with Crippen LogP contribution in [0, 0.1) is 0 Å². The molecule has 0 unspecified atom stereocenters. The minimum Gasteiger partial charge on any atom is -0.497 e. The minimum atomic E-state index is -3.49. The van der Waals surface area contributed by atoms with Gasteiger partial charge in [0.25, 0.3) is 0 Å². The van der Waals surface area contributed by atoms with E-state index in [1.165, 1.54) is 0 Å². The predicted octanol–water partition coefficient (Wildman–Crippen LogP) is 5.28. The fraction of sp³-hybridized carbons (Fsp3) is 0.350. The molecule has 0 aliphatic carbocycles. The third-order valence-electron chi connectivity index (χ3n) is 3.97. The first-order valence-corrected chi connectivity index (χ1v) is 10.3. The van der Waals surface area contributed by atoms with Crippen LogP contribution in [0.4, 0.5) is 0 Å². The number of carbonyl (C=O) groups excluding carboxylic acids is 1. The Morgan fingerprint density at radius 1 is 0.962 bits per heavy atom. The van der Waals surface area contributed by atoms with E-state index in [2.05, 4.69) is 0 Å². The van der Waals surface area contributed by atoms with Crippen LogP contribution >= 0.6 is 7.60 Å². The zero-order chi connectivity index (χ0) is 19.0. The van der Waals surface area contributed by atoms with Gasteiger partial charge >= 0.3 is 7.60 Å². The number of ether oxygens (including phenoxy) is 1. The van der Waals surface area contributed by atoms with Crippen LogP contribution in [-0.2, 0) is 13.6 Å². The summed E-state index contributed by atoms with van der Waals surface area (Å²) in [5, 5.41) is 0. The Labute approximate surface area is 154 Å². The van der Waals surface area contributed by atoms with Gasteiger partial charge in [0.2, 0.25) is 0 Å². The Hall–Kier alpha value is -1.94. The Balaban J connectivity index is 2.34. The van der Waals surface area contributed by atoms with Crippen LogP contribution in [0.25, 0.3) is 0 Å². The van der Waals surface area contributed by atoms with Gasteiger partial charge in [-0.05, 0) is 43.7 Å².